The number of rotatable bonds is 4. The van der Waals surface area contributed by atoms with E-state index < -0.39 is 23.7 Å². The summed E-state index contributed by atoms with van der Waals surface area (Å²) in [4.78, 5) is 24.0. The fourth-order valence-corrected chi connectivity index (χ4v) is 2.59. The van der Waals surface area contributed by atoms with Gasteiger partial charge in [-0.1, -0.05) is 0 Å². The molecule has 2 saturated heterocycles. The zero-order valence-electron chi connectivity index (χ0n) is 11.2. The number of urea groups is 1. The predicted molar refractivity (Wildman–Crippen MR) is 65.0 cm³/mol. The molecule has 2 heterocycles. The Morgan fingerprint density at radius 1 is 1.40 bits per heavy atom. The van der Waals surface area contributed by atoms with Crippen LogP contribution in [0.3, 0.4) is 0 Å². The van der Waals surface area contributed by atoms with Gasteiger partial charge in [0.25, 0.3) is 5.91 Å². The van der Waals surface area contributed by atoms with Crippen LogP contribution in [0.4, 0.5) is 18.0 Å². The van der Waals surface area contributed by atoms with Crippen molar-refractivity contribution in [1.29, 1.82) is 0 Å². The van der Waals surface area contributed by atoms with Crippen molar-refractivity contribution in [2.24, 2.45) is 0 Å². The van der Waals surface area contributed by atoms with Crippen molar-refractivity contribution in [2.45, 2.75) is 50.4 Å². The maximum atomic E-state index is 12.8. The van der Waals surface area contributed by atoms with Crippen molar-refractivity contribution >= 4 is 11.9 Å². The molecule has 2 aliphatic heterocycles. The van der Waals surface area contributed by atoms with Gasteiger partial charge in [-0.05, 0) is 39.2 Å². The second-order valence-corrected chi connectivity index (χ2v) is 5.45. The van der Waals surface area contributed by atoms with Gasteiger partial charge >= 0.3 is 12.2 Å². The van der Waals surface area contributed by atoms with E-state index in [4.69, 9.17) is 0 Å². The molecule has 8 heteroatoms. The van der Waals surface area contributed by atoms with Crippen LogP contribution in [0.5, 0.6) is 0 Å². The van der Waals surface area contributed by atoms with E-state index >= 15 is 0 Å². The van der Waals surface area contributed by atoms with Gasteiger partial charge in [-0.2, -0.15) is 13.2 Å². The Balaban J connectivity index is 1.92. The standard InChI is InChI=1S/C12H18F3N3O2/c1-11(12(13,14)15)9(19)18(10(20)17-11)7-3-5-8-4-2-6-16-8/h8,16H,2-7H2,1H3,(H,17,20). The quantitative estimate of drug-likeness (QED) is 0.770. The second kappa shape index (κ2) is 5.23. The molecule has 0 aromatic rings. The van der Waals surface area contributed by atoms with Gasteiger partial charge in [0.15, 0.2) is 0 Å². The third-order valence-corrected chi connectivity index (χ3v) is 3.94. The number of carbonyl (C=O) groups is 2. The van der Waals surface area contributed by atoms with Crippen LogP contribution in [-0.2, 0) is 4.79 Å². The fourth-order valence-electron chi connectivity index (χ4n) is 2.59. The summed E-state index contributed by atoms with van der Waals surface area (Å²) in [6.07, 6.45) is -1.42. The summed E-state index contributed by atoms with van der Waals surface area (Å²) in [6, 6.07) is -0.626. The number of halogens is 3. The summed E-state index contributed by atoms with van der Waals surface area (Å²) in [5.41, 5.74) is -2.80. The molecule has 0 bridgehead atoms. The third-order valence-electron chi connectivity index (χ3n) is 3.94. The Hall–Kier alpha value is -1.31. The first kappa shape index (κ1) is 15.1. The van der Waals surface area contributed by atoms with Crippen LogP contribution in [-0.4, -0.2) is 47.7 Å². The normalized spacial score (nSPS) is 31.0. The molecule has 2 atom stereocenters. The Labute approximate surface area is 114 Å². The van der Waals surface area contributed by atoms with E-state index in [0.29, 0.717) is 24.3 Å². The summed E-state index contributed by atoms with van der Waals surface area (Å²) in [7, 11) is 0. The average Bonchev–Trinajstić information content (AvgIpc) is 2.91. The van der Waals surface area contributed by atoms with Gasteiger partial charge in [-0.3, -0.25) is 9.69 Å². The highest BCUT2D eigenvalue weighted by Gasteiger charge is 2.64. The molecule has 20 heavy (non-hydrogen) atoms. The smallest absolute Gasteiger partial charge is 0.316 e. The van der Waals surface area contributed by atoms with Crippen LogP contribution in [0.25, 0.3) is 0 Å². The lowest BCUT2D eigenvalue weighted by Crippen LogP contribution is -2.56. The molecule has 2 unspecified atom stereocenters. The van der Waals surface area contributed by atoms with Gasteiger partial charge in [0.2, 0.25) is 5.54 Å². The van der Waals surface area contributed by atoms with Gasteiger partial charge in [0, 0.05) is 12.6 Å². The van der Waals surface area contributed by atoms with Crippen LogP contribution in [0.15, 0.2) is 0 Å². The Bertz CT molecular complexity index is 407. The van der Waals surface area contributed by atoms with Crippen molar-refractivity contribution in [3.05, 3.63) is 0 Å². The molecule has 0 aliphatic carbocycles. The predicted octanol–water partition coefficient (Wildman–Crippen LogP) is 1.39. The lowest BCUT2D eigenvalue weighted by molar-refractivity contribution is -0.191. The van der Waals surface area contributed by atoms with Crippen LogP contribution >= 0.6 is 0 Å². The van der Waals surface area contributed by atoms with Crippen molar-refractivity contribution in [3.63, 3.8) is 0 Å². The molecule has 0 aromatic carbocycles. The van der Waals surface area contributed by atoms with Gasteiger partial charge in [0.1, 0.15) is 0 Å². The molecule has 0 saturated carbocycles. The number of carbonyl (C=O) groups excluding carboxylic acids is 2. The fraction of sp³-hybridized carbons (Fsp3) is 0.833. The SMILES string of the molecule is CC1(C(F)(F)F)NC(=O)N(CCCC2CCCN2)C1=O. The number of nitrogens with zero attached hydrogens (tertiary/aromatic N) is 1. The van der Waals surface area contributed by atoms with E-state index in [0.717, 1.165) is 25.8 Å². The number of alkyl halides is 3. The third kappa shape index (κ3) is 2.61. The molecule has 0 aromatic heterocycles. The number of hydrogen-bond donors (Lipinski definition) is 2. The summed E-state index contributed by atoms with van der Waals surface area (Å²) in [5.74, 6) is -1.21. The Morgan fingerprint density at radius 2 is 2.10 bits per heavy atom. The second-order valence-electron chi connectivity index (χ2n) is 5.45. The molecular weight excluding hydrogens is 275 g/mol. The van der Waals surface area contributed by atoms with Crippen molar-refractivity contribution in [1.82, 2.24) is 15.5 Å². The summed E-state index contributed by atoms with van der Waals surface area (Å²) in [6.45, 7) is 1.67. The van der Waals surface area contributed by atoms with E-state index in [1.807, 2.05) is 0 Å². The van der Waals surface area contributed by atoms with Gasteiger partial charge in [-0.25, -0.2) is 4.79 Å². The lowest BCUT2D eigenvalue weighted by Gasteiger charge is -2.24. The van der Waals surface area contributed by atoms with E-state index in [1.54, 1.807) is 5.32 Å². The van der Waals surface area contributed by atoms with E-state index in [9.17, 15) is 22.8 Å². The highest BCUT2D eigenvalue weighted by molar-refractivity contribution is 6.07. The maximum absolute atomic E-state index is 12.8. The molecule has 2 N–H and O–H groups in total. The molecule has 2 fully saturated rings. The van der Waals surface area contributed by atoms with Crippen molar-refractivity contribution < 1.29 is 22.8 Å². The number of amides is 3. The van der Waals surface area contributed by atoms with E-state index in [-0.39, 0.29) is 6.54 Å². The maximum Gasteiger partial charge on any atom is 0.420 e. The van der Waals surface area contributed by atoms with Crippen LogP contribution < -0.4 is 10.6 Å². The van der Waals surface area contributed by atoms with E-state index in [2.05, 4.69) is 5.32 Å². The summed E-state index contributed by atoms with van der Waals surface area (Å²) >= 11 is 0. The van der Waals surface area contributed by atoms with Crippen molar-refractivity contribution in [2.75, 3.05) is 13.1 Å². The molecule has 114 valence electrons. The first-order chi connectivity index (χ1) is 9.25. The van der Waals surface area contributed by atoms with Gasteiger partial charge in [0.05, 0.1) is 0 Å². The minimum atomic E-state index is -4.79. The van der Waals surface area contributed by atoms with Crippen molar-refractivity contribution in [3.8, 4) is 0 Å². The molecule has 2 aliphatic rings. The average molecular weight is 293 g/mol. The lowest BCUT2D eigenvalue weighted by atomic mass is 10.0. The molecule has 2 rings (SSSR count). The first-order valence-corrected chi connectivity index (χ1v) is 6.70. The topological polar surface area (TPSA) is 61.4 Å². The minimum Gasteiger partial charge on any atom is -0.316 e. The van der Waals surface area contributed by atoms with Crippen LogP contribution in [0.1, 0.15) is 32.6 Å². The molecule has 5 nitrogen and oxygen atoms in total. The van der Waals surface area contributed by atoms with Crippen LogP contribution in [0.2, 0.25) is 0 Å². The highest BCUT2D eigenvalue weighted by Crippen LogP contribution is 2.35. The number of hydrogen-bond acceptors (Lipinski definition) is 3. The highest BCUT2D eigenvalue weighted by atomic mass is 19.4. The Kier molecular flexibility index (Phi) is 3.95. The molecule has 3 amide bonds. The van der Waals surface area contributed by atoms with E-state index in [1.165, 1.54) is 0 Å². The zero-order chi connectivity index (χ0) is 15.0. The molecular formula is C12H18F3N3O2. The minimum absolute atomic E-state index is 0.0223. The van der Waals surface area contributed by atoms with Crippen LogP contribution in [0, 0.1) is 0 Å². The van der Waals surface area contributed by atoms with Gasteiger partial charge < -0.3 is 10.6 Å². The first-order valence-electron chi connectivity index (χ1n) is 6.70. The Morgan fingerprint density at radius 3 is 2.60 bits per heavy atom. The monoisotopic (exact) mass is 293 g/mol. The number of imide groups is 1. The summed E-state index contributed by atoms with van der Waals surface area (Å²) in [5, 5.41) is 5.01. The zero-order valence-corrected chi connectivity index (χ0v) is 11.2. The molecule has 0 spiro atoms. The number of nitrogens with one attached hydrogen (secondary N) is 2. The molecule has 0 radical (unpaired) electrons. The van der Waals surface area contributed by atoms with Gasteiger partial charge in [-0.15, -0.1) is 0 Å². The summed E-state index contributed by atoms with van der Waals surface area (Å²) < 4.78 is 38.5. The largest absolute Gasteiger partial charge is 0.420 e.